The van der Waals surface area contributed by atoms with Gasteiger partial charge < -0.3 is 10.1 Å². The van der Waals surface area contributed by atoms with Gasteiger partial charge in [-0.15, -0.1) is 0 Å². The third-order valence-corrected chi connectivity index (χ3v) is 3.89. The highest BCUT2D eigenvalue weighted by Crippen LogP contribution is 2.15. The zero-order chi connectivity index (χ0) is 20.1. The first-order valence-electron chi connectivity index (χ1n) is 8.28. The summed E-state index contributed by atoms with van der Waals surface area (Å²) < 4.78 is 19.8. The van der Waals surface area contributed by atoms with Crippen molar-refractivity contribution < 1.29 is 18.7 Å². The molecule has 1 heterocycles. The molecule has 0 saturated heterocycles. The molecule has 1 amide bonds. The smallest absolute Gasteiger partial charge is 0.357 e. The van der Waals surface area contributed by atoms with Crippen LogP contribution >= 0.6 is 0 Å². The van der Waals surface area contributed by atoms with Crippen LogP contribution in [0.5, 0.6) is 0 Å². The Hall–Kier alpha value is -3.99. The number of amides is 1. The summed E-state index contributed by atoms with van der Waals surface area (Å²) in [7, 11) is 0. The van der Waals surface area contributed by atoms with Crippen LogP contribution in [0.2, 0.25) is 0 Å². The van der Waals surface area contributed by atoms with Crippen LogP contribution in [0.25, 0.3) is 5.69 Å². The SMILES string of the molecule is CC(OC(=O)c1cncn1-c1ccc(F)cc1)C(=O)Nc1ccc(C#N)cc1. The maximum Gasteiger partial charge on any atom is 0.357 e. The van der Waals surface area contributed by atoms with E-state index in [0.29, 0.717) is 16.9 Å². The molecule has 1 N–H and O–H groups in total. The van der Waals surface area contributed by atoms with Gasteiger partial charge in [0.15, 0.2) is 11.8 Å². The summed E-state index contributed by atoms with van der Waals surface area (Å²) in [5, 5.41) is 11.4. The first-order valence-corrected chi connectivity index (χ1v) is 8.28. The third kappa shape index (κ3) is 4.22. The molecular weight excluding hydrogens is 363 g/mol. The highest BCUT2D eigenvalue weighted by Gasteiger charge is 2.22. The van der Waals surface area contributed by atoms with Crippen LogP contribution in [0.4, 0.5) is 10.1 Å². The Bertz CT molecular complexity index is 1040. The van der Waals surface area contributed by atoms with Crippen LogP contribution < -0.4 is 5.32 Å². The quantitative estimate of drug-likeness (QED) is 0.688. The Kier molecular flexibility index (Phi) is 5.46. The minimum atomic E-state index is -1.07. The zero-order valence-electron chi connectivity index (χ0n) is 14.8. The van der Waals surface area contributed by atoms with Gasteiger partial charge in [-0.3, -0.25) is 9.36 Å². The minimum Gasteiger partial charge on any atom is -0.448 e. The van der Waals surface area contributed by atoms with Crippen molar-refractivity contribution in [1.29, 1.82) is 5.26 Å². The molecule has 0 spiro atoms. The van der Waals surface area contributed by atoms with Gasteiger partial charge in [-0.25, -0.2) is 14.2 Å². The Morgan fingerprint density at radius 3 is 2.50 bits per heavy atom. The minimum absolute atomic E-state index is 0.102. The summed E-state index contributed by atoms with van der Waals surface area (Å²) in [6.07, 6.45) is 1.63. The molecule has 140 valence electrons. The summed E-state index contributed by atoms with van der Waals surface area (Å²) in [6.45, 7) is 1.44. The van der Waals surface area contributed by atoms with E-state index in [1.807, 2.05) is 6.07 Å². The Balaban J connectivity index is 1.67. The molecule has 0 radical (unpaired) electrons. The lowest BCUT2D eigenvalue weighted by molar-refractivity contribution is -0.123. The lowest BCUT2D eigenvalue weighted by Gasteiger charge is -2.14. The normalized spacial score (nSPS) is 11.3. The van der Waals surface area contributed by atoms with E-state index in [4.69, 9.17) is 10.00 Å². The maximum atomic E-state index is 13.1. The number of esters is 1. The van der Waals surface area contributed by atoms with E-state index in [-0.39, 0.29) is 5.69 Å². The molecule has 0 aliphatic rings. The van der Waals surface area contributed by atoms with E-state index in [1.165, 1.54) is 48.3 Å². The number of hydrogen-bond donors (Lipinski definition) is 1. The number of carbonyl (C=O) groups is 2. The lowest BCUT2D eigenvalue weighted by atomic mass is 10.2. The predicted octanol–water partition coefficient (Wildman–Crippen LogP) is 3.07. The summed E-state index contributed by atoms with van der Waals surface area (Å²) in [4.78, 5) is 28.6. The van der Waals surface area contributed by atoms with Crippen LogP contribution in [0.1, 0.15) is 23.0 Å². The molecule has 0 fully saturated rings. The number of nitrogens with zero attached hydrogens (tertiary/aromatic N) is 3. The van der Waals surface area contributed by atoms with Gasteiger partial charge >= 0.3 is 5.97 Å². The van der Waals surface area contributed by atoms with Crippen molar-refractivity contribution in [3.8, 4) is 11.8 Å². The Labute approximate surface area is 160 Å². The summed E-state index contributed by atoms with van der Waals surface area (Å²) in [6, 6.07) is 13.8. The fourth-order valence-electron chi connectivity index (χ4n) is 2.40. The van der Waals surface area contributed by atoms with Crippen molar-refractivity contribution >= 4 is 17.6 Å². The Morgan fingerprint density at radius 1 is 1.18 bits per heavy atom. The van der Waals surface area contributed by atoms with Gasteiger partial charge in [0.05, 0.1) is 24.2 Å². The number of imidazole rings is 1. The van der Waals surface area contributed by atoms with Gasteiger partial charge in [-0.2, -0.15) is 5.26 Å². The molecule has 8 heteroatoms. The number of nitrogens with one attached hydrogen (secondary N) is 1. The number of nitriles is 1. The summed E-state index contributed by atoms with van der Waals surface area (Å²) in [5.41, 5.74) is 1.57. The van der Waals surface area contributed by atoms with Crippen molar-refractivity contribution in [2.75, 3.05) is 5.32 Å². The largest absolute Gasteiger partial charge is 0.448 e. The number of ether oxygens (including phenoxy) is 1. The molecular formula is C20H15FN4O3. The molecule has 0 aliphatic heterocycles. The van der Waals surface area contributed by atoms with Crippen molar-refractivity contribution in [2.45, 2.75) is 13.0 Å². The fourth-order valence-corrected chi connectivity index (χ4v) is 2.40. The number of benzene rings is 2. The van der Waals surface area contributed by atoms with Crippen LogP contribution in [0.3, 0.4) is 0 Å². The number of aromatic nitrogens is 2. The first-order chi connectivity index (χ1) is 13.5. The molecule has 3 aromatic rings. The van der Waals surface area contributed by atoms with Crippen molar-refractivity contribution in [2.24, 2.45) is 0 Å². The summed E-state index contributed by atoms with van der Waals surface area (Å²) in [5.74, 6) is -1.67. The van der Waals surface area contributed by atoms with Crippen LogP contribution in [-0.4, -0.2) is 27.5 Å². The molecule has 1 aromatic heterocycles. The molecule has 28 heavy (non-hydrogen) atoms. The number of hydrogen-bond acceptors (Lipinski definition) is 5. The molecule has 0 saturated carbocycles. The maximum absolute atomic E-state index is 13.1. The lowest BCUT2D eigenvalue weighted by Crippen LogP contribution is -2.30. The number of carbonyl (C=O) groups excluding carboxylic acids is 2. The van der Waals surface area contributed by atoms with E-state index in [9.17, 15) is 14.0 Å². The molecule has 7 nitrogen and oxygen atoms in total. The van der Waals surface area contributed by atoms with E-state index >= 15 is 0 Å². The van der Waals surface area contributed by atoms with Crippen LogP contribution in [-0.2, 0) is 9.53 Å². The molecule has 3 rings (SSSR count). The zero-order valence-corrected chi connectivity index (χ0v) is 14.8. The average Bonchev–Trinajstić information content (AvgIpc) is 3.19. The van der Waals surface area contributed by atoms with E-state index in [2.05, 4.69) is 10.3 Å². The summed E-state index contributed by atoms with van der Waals surface area (Å²) >= 11 is 0. The first kappa shape index (κ1) is 18.8. The van der Waals surface area contributed by atoms with Crippen molar-refractivity contribution in [3.05, 3.63) is 78.1 Å². The van der Waals surface area contributed by atoms with Gasteiger partial charge in [0.1, 0.15) is 5.82 Å². The highest BCUT2D eigenvalue weighted by molar-refractivity contribution is 5.97. The molecule has 2 aromatic carbocycles. The van der Waals surface area contributed by atoms with Crippen LogP contribution in [0, 0.1) is 17.1 Å². The second-order valence-electron chi connectivity index (χ2n) is 5.85. The van der Waals surface area contributed by atoms with Gasteiger partial charge in [0, 0.05) is 11.4 Å². The van der Waals surface area contributed by atoms with Gasteiger partial charge in [-0.05, 0) is 55.5 Å². The van der Waals surface area contributed by atoms with Crippen molar-refractivity contribution in [3.63, 3.8) is 0 Å². The number of rotatable bonds is 5. The molecule has 1 atom stereocenters. The van der Waals surface area contributed by atoms with Gasteiger partial charge in [0.25, 0.3) is 5.91 Å². The van der Waals surface area contributed by atoms with E-state index in [1.54, 1.807) is 24.3 Å². The second kappa shape index (κ2) is 8.14. The van der Waals surface area contributed by atoms with Crippen molar-refractivity contribution in [1.82, 2.24) is 9.55 Å². The number of halogens is 1. The van der Waals surface area contributed by atoms with Crippen LogP contribution in [0.15, 0.2) is 61.1 Å². The predicted molar refractivity (Wildman–Crippen MR) is 98.2 cm³/mol. The molecule has 0 bridgehead atoms. The molecule has 0 aliphatic carbocycles. The number of anilines is 1. The fraction of sp³-hybridized carbons (Fsp3) is 0.100. The molecule has 1 unspecified atom stereocenters. The third-order valence-electron chi connectivity index (χ3n) is 3.89. The van der Waals surface area contributed by atoms with Gasteiger partial charge in [-0.1, -0.05) is 0 Å². The topological polar surface area (TPSA) is 97.0 Å². The Morgan fingerprint density at radius 2 is 1.86 bits per heavy atom. The van der Waals surface area contributed by atoms with E-state index in [0.717, 1.165) is 0 Å². The highest BCUT2D eigenvalue weighted by atomic mass is 19.1. The van der Waals surface area contributed by atoms with E-state index < -0.39 is 23.8 Å². The average molecular weight is 378 g/mol. The standard InChI is InChI=1S/C20H15FN4O3/c1-13(19(26)24-16-6-2-14(10-22)3-7-16)28-20(27)18-11-23-12-25(18)17-8-4-15(21)5-9-17/h2-9,11-13H,1H3,(H,24,26). The monoisotopic (exact) mass is 378 g/mol. The second-order valence-corrected chi connectivity index (χ2v) is 5.85. The van der Waals surface area contributed by atoms with Gasteiger partial charge in [0.2, 0.25) is 0 Å².